The highest BCUT2D eigenvalue weighted by atomic mass is 16.5. The quantitative estimate of drug-likeness (QED) is 0.565. The Kier molecular flexibility index (Phi) is 7.89. The van der Waals surface area contributed by atoms with Crippen molar-refractivity contribution < 1.29 is 14.3 Å². The normalized spacial score (nSPS) is 13.7. The predicted molar refractivity (Wildman–Crippen MR) is 120 cm³/mol. The Morgan fingerprint density at radius 1 is 0.933 bits per heavy atom. The molecule has 1 fully saturated rings. The fourth-order valence-corrected chi connectivity index (χ4v) is 3.84. The third kappa shape index (κ3) is 6.09. The second-order valence-electron chi connectivity index (χ2n) is 7.97. The van der Waals surface area contributed by atoms with E-state index in [1.54, 1.807) is 36.3 Å². The highest BCUT2D eigenvalue weighted by Crippen LogP contribution is 2.21. The monoisotopic (exact) mass is 408 g/mol. The number of anilines is 1. The molecule has 0 bridgehead atoms. The Hall–Kier alpha value is -2.82. The maximum atomic E-state index is 12.5. The van der Waals surface area contributed by atoms with E-state index in [9.17, 15) is 9.59 Å². The topological polar surface area (TPSA) is 49.9 Å². The van der Waals surface area contributed by atoms with Crippen molar-refractivity contribution in [3.05, 3.63) is 59.7 Å². The van der Waals surface area contributed by atoms with Gasteiger partial charge in [-0.05, 0) is 67.6 Å². The van der Waals surface area contributed by atoms with Crippen LogP contribution in [0.5, 0.6) is 5.75 Å². The highest BCUT2D eigenvalue weighted by molar-refractivity contribution is 5.96. The largest absolute Gasteiger partial charge is 0.497 e. The predicted octanol–water partition coefficient (Wildman–Crippen LogP) is 4.70. The van der Waals surface area contributed by atoms with Gasteiger partial charge in [0.15, 0.2) is 5.78 Å². The SMILES string of the molecule is COc1ccc(C(=O)CCCC(=O)N(C)Cc2ccc(N3CCCCC3)cc2)cc1. The summed E-state index contributed by atoms with van der Waals surface area (Å²) in [6.07, 6.45) is 5.16. The number of methoxy groups -OCH3 is 1. The van der Waals surface area contributed by atoms with Crippen molar-refractivity contribution in [3.63, 3.8) is 0 Å². The summed E-state index contributed by atoms with van der Waals surface area (Å²) in [5, 5.41) is 0. The summed E-state index contributed by atoms with van der Waals surface area (Å²) in [5.41, 5.74) is 3.05. The van der Waals surface area contributed by atoms with Crippen LogP contribution in [-0.2, 0) is 11.3 Å². The lowest BCUT2D eigenvalue weighted by Crippen LogP contribution is -2.29. The molecule has 2 aromatic rings. The van der Waals surface area contributed by atoms with E-state index in [0.717, 1.165) is 24.4 Å². The Labute approximate surface area is 179 Å². The van der Waals surface area contributed by atoms with Crippen LogP contribution in [0.15, 0.2) is 48.5 Å². The van der Waals surface area contributed by atoms with Gasteiger partial charge in [0.05, 0.1) is 7.11 Å². The van der Waals surface area contributed by atoms with Gasteiger partial charge in [0.2, 0.25) is 5.91 Å². The van der Waals surface area contributed by atoms with Crippen molar-refractivity contribution in [1.29, 1.82) is 0 Å². The molecular formula is C25H32N2O3. The smallest absolute Gasteiger partial charge is 0.222 e. The maximum absolute atomic E-state index is 12.5. The molecule has 3 rings (SSSR count). The first kappa shape index (κ1) is 21.9. The highest BCUT2D eigenvalue weighted by Gasteiger charge is 2.13. The van der Waals surface area contributed by atoms with Gasteiger partial charge in [0.25, 0.3) is 0 Å². The van der Waals surface area contributed by atoms with E-state index in [4.69, 9.17) is 4.74 Å². The lowest BCUT2D eigenvalue weighted by molar-refractivity contribution is -0.130. The van der Waals surface area contributed by atoms with Crippen molar-refractivity contribution in [2.45, 2.75) is 45.1 Å². The zero-order chi connectivity index (χ0) is 21.3. The van der Waals surface area contributed by atoms with E-state index in [1.165, 1.54) is 24.9 Å². The Morgan fingerprint density at radius 3 is 2.23 bits per heavy atom. The van der Waals surface area contributed by atoms with Gasteiger partial charge in [-0.3, -0.25) is 9.59 Å². The minimum Gasteiger partial charge on any atom is -0.497 e. The molecular weight excluding hydrogens is 376 g/mol. The molecule has 1 amide bonds. The van der Waals surface area contributed by atoms with Gasteiger partial charge < -0.3 is 14.5 Å². The molecule has 0 unspecified atom stereocenters. The minimum absolute atomic E-state index is 0.0569. The van der Waals surface area contributed by atoms with E-state index in [2.05, 4.69) is 29.2 Å². The van der Waals surface area contributed by atoms with Gasteiger partial charge in [0, 0.05) is 50.8 Å². The molecule has 0 saturated carbocycles. The summed E-state index contributed by atoms with van der Waals surface area (Å²) in [6, 6.07) is 15.6. The first-order valence-corrected chi connectivity index (χ1v) is 10.8. The molecule has 30 heavy (non-hydrogen) atoms. The minimum atomic E-state index is 0.0569. The summed E-state index contributed by atoms with van der Waals surface area (Å²) in [7, 11) is 3.42. The van der Waals surface area contributed by atoms with Crippen LogP contribution in [0.2, 0.25) is 0 Å². The van der Waals surface area contributed by atoms with Crippen molar-refractivity contribution in [2.75, 3.05) is 32.1 Å². The van der Waals surface area contributed by atoms with E-state index in [-0.39, 0.29) is 11.7 Å². The fraction of sp³-hybridized carbons (Fsp3) is 0.440. The number of benzene rings is 2. The van der Waals surface area contributed by atoms with Gasteiger partial charge >= 0.3 is 0 Å². The molecule has 0 N–H and O–H groups in total. The molecule has 1 heterocycles. The number of hydrogen-bond donors (Lipinski definition) is 0. The standard InChI is InChI=1S/C25H32N2O3/c1-26(19-20-9-13-22(14-10-20)27-17-4-3-5-18-27)25(29)8-6-7-24(28)21-11-15-23(30-2)16-12-21/h9-16H,3-8,17-19H2,1-2H3. The third-order valence-corrected chi connectivity index (χ3v) is 5.71. The number of hydrogen-bond acceptors (Lipinski definition) is 4. The Bertz CT molecular complexity index is 824. The van der Waals surface area contributed by atoms with E-state index in [0.29, 0.717) is 31.4 Å². The van der Waals surface area contributed by atoms with Crippen LogP contribution in [0, 0.1) is 0 Å². The number of carbonyl (C=O) groups is 2. The second-order valence-corrected chi connectivity index (χ2v) is 7.97. The molecule has 1 saturated heterocycles. The molecule has 160 valence electrons. The number of piperidine rings is 1. The van der Waals surface area contributed by atoms with Crippen molar-refractivity contribution in [1.82, 2.24) is 4.90 Å². The number of rotatable bonds is 9. The van der Waals surface area contributed by atoms with Crippen LogP contribution in [0.3, 0.4) is 0 Å². The average Bonchev–Trinajstić information content (AvgIpc) is 2.80. The molecule has 0 radical (unpaired) electrons. The molecule has 5 nitrogen and oxygen atoms in total. The molecule has 5 heteroatoms. The van der Waals surface area contributed by atoms with Crippen LogP contribution in [0.1, 0.15) is 54.4 Å². The molecule has 1 aliphatic rings. The van der Waals surface area contributed by atoms with Crippen LogP contribution in [0.4, 0.5) is 5.69 Å². The van der Waals surface area contributed by atoms with Gasteiger partial charge in [0.1, 0.15) is 5.75 Å². The van der Waals surface area contributed by atoms with Crippen LogP contribution in [-0.4, -0.2) is 43.8 Å². The molecule has 1 aliphatic heterocycles. The molecule has 0 aliphatic carbocycles. The lowest BCUT2D eigenvalue weighted by Gasteiger charge is -2.29. The van der Waals surface area contributed by atoms with E-state index >= 15 is 0 Å². The van der Waals surface area contributed by atoms with E-state index < -0.39 is 0 Å². The summed E-state index contributed by atoms with van der Waals surface area (Å²) in [6.45, 7) is 2.85. The Balaban J connectivity index is 1.42. The molecule has 0 aromatic heterocycles. The van der Waals surface area contributed by atoms with Gasteiger partial charge in [-0.15, -0.1) is 0 Å². The molecule has 0 atom stereocenters. The lowest BCUT2D eigenvalue weighted by atomic mass is 10.0. The summed E-state index contributed by atoms with van der Waals surface area (Å²) in [5.74, 6) is 0.853. The van der Waals surface area contributed by atoms with Gasteiger partial charge in [-0.25, -0.2) is 0 Å². The van der Waals surface area contributed by atoms with Crippen LogP contribution in [0.25, 0.3) is 0 Å². The first-order valence-electron chi connectivity index (χ1n) is 10.8. The first-order chi connectivity index (χ1) is 14.6. The maximum Gasteiger partial charge on any atom is 0.222 e. The zero-order valence-corrected chi connectivity index (χ0v) is 18.1. The third-order valence-electron chi connectivity index (χ3n) is 5.71. The Morgan fingerprint density at radius 2 is 1.60 bits per heavy atom. The van der Waals surface area contributed by atoms with Crippen molar-refractivity contribution in [3.8, 4) is 5.75 Å². The summed E-state index contributed by atoms with van der Waals surface area (Å²) < 4.78 is 5.11. The number of ketones is 1. The number of carbonyl (C=O) groups excluding carboxylic acids is 2. The summed E-state index contributed by atoms with van der Waals surface area (Å²) >= 11 is 0. The number of amides is 1. The summed E-state index contributed by atoms with van der Waals surface area (Å²) in [4.78, 5) is 28.9. The van der Waals surface area contributed by atoms with Gasteiger partial charge in [-0.2, -0.15) is 0 Å². The molecule has 2 aromatic carbocycles. The van der Waals surface area contributed by atoms with Crippen LogP contribution < -0.4 is 9.64 Å². The number of Topliss-reactive ketones (excluding diaryl/α,β-unsaturated/α-hetero) is 1. The zero-order valence-electron chi connectivity index (χ0n) is 18.1. The number of nitrogens with zero attached hydrogens (tertiary/aromatic N) is 2. The number of ether oxygens (including phenoxy) is 1. The molecule has 0 spiro atoms. The van der Waals surface area contributed by atoms with Crippen molar-refractivity contribution in [2.24, 2.45) is 0 Å². The second kappa shape index (κ2) is 10.8. The van der Waals surface area contributed by atoms with Crippen LogP contribution >= 0.6 is 0 Å². The van der Waals surface area contributed by atoms with E-state index in [1.807, 2.05) is 7.05 Å². The average molecular weight is 409 g/mol. The van der Waals surface area contributed by atoms with Crippen molar-refractivity contribution >= 4 is 17.4 Å². The fourth-order valence-electron chi connectivity index (χ4n) is 3.84. The van der Waals surface area contributed by atoms with Gasteiger partial charge in [-0.1, -0.05) is 12.1 Å².